The maximum absolute atomic E-state index is 12.4. The van der Waals surface area contributed by atoms with Gasteiger partial charge in [-0.3, -0.25) is 23.5 Å². The van der Waals surface area contributed by atoms with Crippen molar-refractivity contribution >= 4 is 15.6 Å². The van der Waals surface area contributed by atoms with Crippen molar-refractivity contribution in [1.29, 1.82) is 0 Å². The Hall–Kier alpha value is -1.96. The lowest BCUT2D eigenvalue weighted by molar-refractivity contribution is -0.248. The van der Waals surface area contributed by atoms with Crippen LogP contribution in [0.4, 0.5) is 0 Å². The minimum atomic E-state index is -5.39. The van der Waals surface area contributed by atoms with Gasteiger partial charge in [-0.15, -0.1) is 0 Å². The van der Waals surface area contributed by atoms with E-state index in [-0.39, 0.29) is 0 Å². The molecule has 0 bridgehead atoms. The van der Waals surface area contributed by atoms with Crippen molar-refractivity contribution in [2.75, 3.05) is 6.61 Å². The van der Waals surface area contributed by atoms with Crippen LogP contribution in [0, 0.1) is 0 Å². The molecule has 2 saturated heterocycles. The predicted molar refractivity (Wildman–Crippen MR) is 129 cm³/mol. The van der Waals surface area contributed by atoms with Crippen LogP contribution in [0.3, 0.4) is 0 Å². The van der Waals surface area contributed by atoms with E-state index >= 15 is 0 Å². The molecule has 214 valence electrons. The van der Waals surface area contributed by atoms with Gasteiger partial charge in [-0.05, 0) is 18.4 Å². The number of phosphoric acid groups is 2. The molecule has 39 heavy (non-hydrogen) atoms. The van der Waals surface area contributed by atoms with E-state index in [9.17, 15) is 28.5 Å². The first-order valence-corrected chi connectivity index (χ1v) is 15.5. The molecule has 1 aliphatic carbocycles. The van der Waals surface area contributed by atoms with Gasteiger partial charge in [0.15, 0.2) is 12.5 Å². The van der Waals surface area contributed by atoms with Crippen LogP contribution in [-0.2, 0) is 43.1 Å². The number of ether oxygens (including phenoxy) is 3. The maximum atomic E-state index is 12.4. The van der Waals surface area contributed by atoms with Gasteiger partial charge < -0.3 is 33.0 Å². The molecule has 1 aromatic carbocycles. The van der Waals surface area contributed by atoms with Crippen LogP contribution >= 0.6 is 15.6 Å². The third kappa shape index (κ3) is 7.22. The van der Waals surface area contributed by atoms with Gasteiger partial charge >= 0.3 is 5.69 Å². The highest BCUT2D eigenvalue weighted by molar-refractivity contribution is 7.59. The van der Waals surface area contributed by atoms with Crippen LogP contribution in [-0.4, -0.2) is 46.9 Å². The molecule has 3 heterocycles. The minimum absolute atomic E-state index is 0.357. The number of rotatable bonds is 10. The first-order valence-electron chi connectivity index (χ1n) is 12.6. The standard InChI is InChI=1S/C23H30N2O12P2/c26-18-11-12-25(23(27)24-18)22-21-20(34-19(35-21)13-15-7-3-1-4-8-15)17(33-22)14-32-38(28,29)37-39(30,31)36-16-9-5-2-6-10-16/h1,3-4,7-8,11-12,16-17,19-22H,2,5-6,9-10,13-14H2,(H,28,29)(H,30,31)(H,24,26,27)/p-2/t17-,19?,20+,21?,22-/m1/s1. The van der Waals surface area contributed by atoms with Crippen LogP contribution in [0.15, 0.2) is 52.2 Å². The van der Waals surface area contributed by atoms with E-state index in [2.05, 4.69) is 9.29 Å². The van der Waals surface area contributed by atoms with E-state index in [1.165, 1.54) is 6.20 Å². The summed E-state index contributed by atoms with van der Waals surface area (Å²) in [5, 5.41) is 0. The molecule has 5 rings (SSSR count). The summed E-state index contributed by atoms with van der Waals surface area (Å²) in [6.45, 7) is -0.693. The molecule has 2 aromatic rings. The Bertz CT molecular complexity index is 1340. The summed E-state index contributed by atoms with van der Waals surface area (Å²) >= 11 is 0. The third-order valence-corrected chi connectivity index (χ3v) is 9.32. The second kappa shape index (κ2) is 11.9. The van der Waals surface area contributed by atoms with Crippen LogP contribution in [0.25, 0.3) is 0 Å². The highest BCUT2D eigenvalue weighted by Crippen LogP contribution is 2.57. The Morgan fingerprint density at radius 1 is 0.949 bits per heavy atom. The number of benzene rings is 1. The average Bonchev–Trinajstić information content (AvgIpc) is 3.42. The SMILES string of the molecule is O=c1ccn([C@@H]2O[C@H](COP(=O)([O-])OP(=O)([O-])OC3CCCCC3)[C@@H]3OC(Cc4ccccc4)OC32)c(=O)[nH]1. The summed E-state index contributed by atoms with van der Waals surface area (Å²) < 4.78 is 57.6. The van der Waals surface area contributed by atoms with Gasteiger partial charge in [0.25, 0.3) is 21.2 Å². The summed E-state index contributed by atoms with van der Waals surface area (Å²) in [5.41, 5.74) is -0.471. The van der Waals surface area contributed by atoms with Crippen molar-refractivity contribution in [2.24, 2.45) is 0 Å². The Morgan fingerprint density at radius 2 is 1.67 bits per heavy atom. The summed E-state index contributed by atoms with van der Waals surface area (Å²) in [7, 11) is -10.6. The van der Waals surface area contributed by atoms with Crippen molar-refractivity contribution in [1.82, 2.24) is 9.55 Å². The lowest BCUT2D eigenvalue weighted by Crippen LogP contribution is -2.36. The van der Waals surface area contributed by atoms with E-state index in [1.807, 2.05) is 30.3 Å². The highest BCUT2D eigenvalue weighted by atomic mass is 31.3. The molecular formula is C23H28N2O12P2-2. The molecule has 1 aromatic heterocycles. The fourth-order valence-corrected chi connectivity index (χ4v) is 7.20. The van der Waals surface area contributed by atoms with Crippen LogP contribution < -0.4 is 21.0 Å². The van der Waals surface area contributed by atoms with Crippen LogP contribution in [0.2, 0.25) is 0 Å². The maximum Gasteiger partial charge on any atom is 0.330 e. The Labute approximate surface area is 223 Å². The van der Waals surface area contributed by atoms with Gasteiger partial charge in [0.1, 0.15) is 18.3 Å². The highest BCUT2D eigenvalue weighted by Gasteiger charge is 2.54. The largest absolute Gasteiger partial charge is 0.756 e. The number of aromatic nitrogens is 2. The smallest absolute Gasteiger partial charge is 0.330 e. The molecule has 0 spiro atoms. The van der Waals surface area contributed by atoms with Crippen molar-refractivity contribution in [3.05, 3.63) is 69.0 Å². The fraction of sp³-hybridized carbons (Fsp3) is 0.565. The van der Waals surface area contributed by atoms with E-state index in [0.29, 0.717) is 19.3 Å². The quantitative estimate of drug-likeness (QED) is 0.391. The monoisotopic (exact) mass is 586 g/mol. The molecule has 14 nitrogen and oxygen atoms in total. The zero-order chi connectivity index (χ0) is 27.6. The zero-order valence-corrected chi connectivity index (χ0v) is 22.5. The van der Waals surface area contributed by atoms with Gasteiger partial charge in [-0.25, -0.2) is 9.11 Å². The third-order valence-electron chi connectivity index (χ3n) is 6.70. The number of nitrogens with one attached hydrogen (secondary N) is 1. The van der Waals surface area contributed by atoms with Gasteiger partial charge in [-0.2, -0.15) is 0 Å². The van der Waals surface area contributed by atoms with E-state index in [4.69, 9.17) is 23.3 Å². The zero-order valence-electron chi connectivity index (χ0n) is 20.7. The Morgan fingerprint density at radius 3 is 2.38 bits per heavy atom. The molecular weight excluding hydrogens is 558 g/mol. The first kappa shape index (κ1) is 28.6. The lowest BCUT2D eigenvalue weighted by atomic mass is 9.98. The number of phosphoric ester groups is 2. The molecule has 16 heteroatoms. The topological polar surface area (TPSA) is 190 Å². The normalized spacial score (nSPS) is 30.5. The molecule has 0 radical (unpaired) electrons. The van der Waals surface area contributed by atoms with E-state index in [0.717, 1.165) is 35.5 Å². The molecule has 3 fully saturated rings. The summed E-state index contributed by atoms with van der Waals surface area (Å²) in [6, 6.07) is 10.4. The molecule has 1 saturated carbocycles. The summed E-state index contributed by atoms with van der Waals surface area (Å²) in [5.74, 6) is 0. The van der Waals surface area contributed by atoms with Gasteiger partial charge in [0.05, 0.1) is 12.7 Å². The molecule has 1 N–H and O–H groups in total. The van der Waals surface area contributed by atoms with Crippen LogP contribution in [0.1, 0.15) is 43.9 Å². The Balaban J connectivity index is 1.27. The van der Waals surface area contributed by atoms with E-state index in [1.54, 1.807) is 0 Å². The number of fused-ring (bicyclic) bond motifs is 1. The minimum Gasteiger partial charge on any atom is -0.756 e. The van der Waals surface area contributed by atoms with Gasteiger partial charge in [0.2, 0.25) is 0 Å². The molecule has 0 amide bonds. The van der Waals surface area contributed by atoms with Crippen molar-refractivity contribution < 1.29 is 46.5 Å². The average molecular weight is 586 g/mol. The molecule has 4 unspecified atom stereocenters. The molecule has 3 aliphatic rings. The Kier molecular flexibility index (Phi) is 8.70. The number of aromatic amines is 1. The number of nitrogens with zero attached hydrogens (tertiary/aromatic N) is 1. The second-order valence-corrected chi connectivity index (χ2v) is 12.5. The summed E-state index contributed by atoms with van der Waals surface area (Å²) in [6.07, 6.45) is -0.348. The predicted octanol–water partition coefficient (Wildman–Crippen LogP) is 1.11. The fourth-order valence-electron chi connectivity index (χ4n) is 4.97. The molecule has 7 atom stereocenters. The number of hydrogen-bond acceptors (Lipinski definition) is 12. The number of H-pyrrole nitrogens is 1. The first-order chi connectivity index (χ1) is 18.6. The summed E-state index contributed by atoms with van der Waals surface area (Å²) in [4.78, 5) is 50.7. The lowest BCUT2D eigenvalue weighted by Gasteiger charge is -2.34. The van der Waals surface area contributed by atoms with Gasteiger partial charge in [-0.1, -0.05) is 49.6 Å². The van der Waals surface area contributed by atoms with Gasteiger partial charge in [0, 0.05) is 18.7 Å². The molecule has 2 aliphatic heterocycles. The van der Waals surface area contributed by atoms with Crippen LogP contribution in [0.5, 0.6) is 0 Å². The van der Waals surface area contributed by atoms with Crippen molar-refractivity contribution in [2.45, 2.75) is 75.5 Å². The van der Waals surface area contributed by atoms with Crippen molar-refractivity contribution in [3.8, 4) is 0 Å². The van der Waals surface area contributed by atoms with E-state index < -0.39 is 70.4 Å². The van der Waals surface area contributed by atoms with Crippen molar-refractivity contribution in [3.63, 3.8) is 0 Å². The second-order valence-electron chi connectivity index (χ2n) is 9.54. The number of hydrogen-bond donors (Lipinski definition) is 1.